The molecule has 0 aromatic carbocycles. The largest absolute Gasteiger partial charge is 0.480 e. The van der Waals surface area contributed by atoms with E-state index in [9.17, 15) is 9.90 Å². The van der Waals surface area contributed by atoms with Crippen LogP contribution in [0.5, 0.6) is 0 Å². The van der Waals surface area contributed by atoms with Crippen molar-refractivity contribution in [1.82, 2.24) is 5.32 Å². The first-order chi connectivity index (χ1) is 7.26. The fourth-order valence-electron chi connectivity index (χ4n) is 1.44. The van der Waals surface area contributed by atoms with Crippen molar-refractivity contribution in [2.45, 2.75) is 39.3 Å². The number of carboxylic acids is 1. The Morgan fingerprint density at radius 2 is 2.00 bits per heavy atom. The fraction of sp³-hybridized carbons (Fsp3) is 0.909. The van der Waals surface area contributed by atoms with Crippen molar-refractivity contribution >= 4 is 5.97 Å². The third kappa shape index (κ3) is 7.62. The Balaban J connectivity index is 3.96. The zero-order valence-electron chi connectivity index (χ0n) is 10.5. The van der Waals surface area contributed by atoms with Crippen LogP contribution in [0.2, 0.25) is 0 Å². The summed E-state index contributed by atoms with van der Waals surface area (Å²) in [7, 11) is 1.45. The topological polar surface area (TPSA) is 78.8 Å². The minimum Gasteiger partial charge on any atom is -0.480 e. The highest BCUT2D eigenvalue weighted by molar-refractivity contribution is 5.73. The number of carbonyl (C=O) groups is 1. The molecule has 16 heavy (non-hydrogen) atoms. The number of nitrogens with one attached hydrogen (secondary N) is 1. The number of hydrogen-bond donors (Lipinski definition) is 3. The number of rotatable bonds is 7. The van der Waals surface area contributed by atoms with Gasteiger partial charge >= 0.3 is 5.97 Å². The molecule has 2 unspecified atom stereocenters. The Hall–Kier alpha value is -0.650. The molecule has 0 saturated carbocycles. The summed E-state index contributed by atoms with van der Waals surface area (Å²) in [6.07, 6.45) is 0.0815. The van der Waals surface area contributed by atoms with Crippen molar-refractivity contribution < 1.29 is 19.7 Å². The van der Waals surface area contributed by atoms with Crippen LogP contribution in [0.15, 0.2) is 0 Å². The van der Waals surface area contributed by atoms with Gasteiger partial charge in [-0.1, -0.05) is 20.8 Å². The quantitative estimate of drug-likeness (QED) is 0.596. The van der Waals surface area contributed by atoms with Gasteiger partial charge < -0.3 is 14.9 Å². The molecule has 0 rings (SSSR count). The molecule has 0 heterocycles. The van der Waals surface area contributed by atoms with Crippen molar-refractivity contribution in [3.63, 3.8) is 0 Å². The molecule has 0 aliphatic rings. The number of hydrogen-bond acceptors (Lipinski definition) is 4. The molecule has 96 valence electrons. The highest BCUT2D eigenvalue weighted by Gasteiger charge is 2.20. The molecule has 0 bridgehead atoms. The first-order valence-corrected chi connectivity index (χ1v) is 5.39. The molecule has 5 heteroatoms. The van der Waals surface area contributed by atoms with Gasteiger partial charge in [0.1, 0.15) is 6.04 Å². The molecule has 0 aliphatic carbocycles. The zero-order valence-corrected chi connectivity index (χ0v) is 10.5. The van der Waals surface area contributed by atoms with Gasteiger partial charge in [0.2, 0.25) is 0 Å². The molecule has 0 fully saturated rings. The number of aliphatic carboxylic acids is 1. The second kappa shape index (κ2) is 6.83. The van der Waals surface area contributed by atoms with E-state index in [1.807, 2.05) is 20.8 Å². The van der Waals surface area contributed by atoms with Gasteiger partial charge in [0.15, 0.2) is 0 Å². The minimum atomic E-state index is -0.968. The lowest BCUT2D eigenvalue weighted by Gasteiger charge is -2.23. The average Bonchev–Trinajstić information content (AvgIpc) is 2.08. The zero-order chi connectivity index (χ0) is 12.8. The van der Waals surface area contributed by atoms with Crippen molar-refractivity contribution in [3.8, 4) is 0 Å². The summed E-state index contributed by atoms with van der Waals surface area (Å²) in [6.45, 7) is 6.44. The van der Waals surface area contributed by atoms with Crippen LogP contribution < -0.4 is 5.32 Å². The first kappa shape index (κ1) is 15.3. The maximum atomic E-state index is 10.8. The number of aliphatic hydroxyl groups is 1. The van der Waals surface area contributed by atoms with Gasteiger partial charge in [-0.2, -0.15) is 0 Å². The summed E-state index contributed by atoms with van der Waals surface area (Å²) < 4.78 is 4.77. The number of aliphatic hydroxyl groups excluding tert-OH is 1. The molecule has 2 atom stereocenters. The van der Waals surface area contributed by atoms with E-state index >= 15 is 0 Å². The Kier molecular flexibility index (Phi) is 6.55. The molecule has 5 nitrogen and oxygen atoms in total. The van der Waals surface area contributed by atoms with E-state index in [1.165, 1.54) is 7.11 Å². The summed E-state index contributed by atoms with van der Waals surface area (Å²) in [6, 6.07) is -0.764. The van der Waals surface area contributed by atoms with Crippen LogP contribution in [0.25, 0.3) is 0 Å². The van der Waals surface area contributed by atoms with Gasteiger partial charge in [0.25, 0.3) is 0 Å². The van der Waals surface area contributed by atoms with E-state index in [0.717, 1.165) is 0 Å². The van der Waals surface area contributed by atoms with Crippen molar-refractivity contribution in [1.29, 1.82) is 0 Å². The van der Waals surface area contributed by atoms with Crippen LogP contribution in [0.3, 0.4) is 0 Å². The predicted molar refractivity (Wildman–Crippen MR) is 61.4 cm³/mol. The lowest BCUT2D eigenvalue weighted by Crippen LogP contribution is -2.44. The predicted octanol–water partition coefficient (Wildman–Crippen LogP) is 0.473. The standard InChI is InChI=1S/C11H23NO4/c1-11(2,3)5-8(13)6-12-9(7-16-4)10(14)15/h8-9,12-13H,5-7H2,1-4H3,(H,14,15). The minimum absolute atomic E-state index is 0.0288. The molecule has 3 N–H and O–H groups in total. The molecule has 0 amide bonds. The average molecular weight is 233 g/mol. The molecule has 0 radical (unpaired) electrons. The third-order valence-electron chi connectivity index (χ3n) is 2.08. The molecule has 0 aromatic heterocycles. The molecular weight excluding hydrogens is 210 g/mol. The lowest BCUT2D eigenvalue weighted by molar-refractivity contribution is -0.141. The summed E-state index contributed by atoms with van der Waals surface area (Å²) in [5.74, 6) is -0.968. The SMILES string of the molecule is COCC(NCC(O)CC(C)(C)C)C(=O)O. The fourth-order valence-corrected chi connectivity index (χ4v) is 1.44. The Morgan fingerprint density at radius 3 is 2.38 bits per heavy atom. The Labute approximate surface area is 96.8 Å². The van der Waals surface area contributed by atoms with E-state index in [1.54, 1.807) is 0 Å². The van der Waals surface area contributed by atoms with Gasteiger partial charge in [-0.3, -0.25) is 10.1 Å². The van der Waals surface area contributed by atoms with Crippen LogP contribution in [0, 0.1) is 5.41 Å². The van der Waals surface area contributed by atoms with Crippen molar-refractivity contribution in [2.75, 3.05) is 20.3 Å². The molecule has 0 saturated heterocycles. The summed E-state index contributed by atoms with van der Waals surface area (Å²) >= 11 is 0. The van der Waals surface area contributed by atoms with Crippen LogP contribution in [-0.4, -0.2) is 48.6 Å². The lowest BCUT2D eigenvalue weighted by atomic mass is 9.89. The van der Waals surface area contributed by atoms with Gasteiger partial charge in [0.05, 0.1) is 12.7 Å². The van der Waals surface area contributed by atoms with E-state index in [-0.39, 0.29) is 18.6 Å². The van der Waals surface area contributed by atoms with E-state index in [4.69, 9.17) is 9.84 Å². The van der Waals surface area contributed by atoms with Crippen LogP contribution >= 0.6 is 0 Å². The Morgan fingerprint density at radius 1 is 1.44 bits per heavy atom. The maximum absolute atomic E-state index is 10.8. The molecular formula is C11H23NO4. The normalized spacial score (nSPS) is 15.8. The van der Waals surface area contributed by atoms with Crippen LogP contribution in [-0.2, 0) is 9.53 Å². The van der Waals surface area contributed by atoms with Gasteiger partial charge in [-0.25, -0.2) is 0 Å². The Bertz CT molecular complexity index is 213. The van der Waals surface area contributed by atoms with E-state index in [2.05, 4.69) is 5.32 Å². The molecule has 0 aliphatic heterocycles. The van der Waals surface area contributed by atoms with Gasteiger partial charge in [0, 0.05) is 13.7 Å². The van der Waals surface area contributed by atoms with E-state index < -0.39 is 18.1 Å². The number of methoxy groups -OCH3 is 1. The summed E-state index contributed by atoms with van der Waals surface area (Å²) in [4.78, 5) is 10.8. The second-order valence-electron chi connectivity index (χ2n) is 5.17. The number of carboxylic acid groups (broad SMARTS) is 1. The smallest absolute Gasteiger partial charge is 0.323 e. The monoisotopic (exact) mass is 233 g/mol. The maximum Gasteiger partial charge on any atom is 0.323 e. The highest BCUT2D eigenvalue weighted by Crippen LogP contribution is 2.20. The highest BCUT2D eigenvalue weighted by atomic mass is 16.5. The molecule has 0 aromatic rings. The van der Waals surface area contributed by atoms with Crippen molar-refractivity contribution in [2.24, 2.45) is 5.41 Å². The summed E-state index contributed by atoms with van der Waals surface area (Å²) in [5, 5.41) is 21.3. The first-order valence-electron chi connectivity index (χ1n) is 5.39. The van der Waals surface area contributed by atoms with E-state index in [0.29, 0.717) is 6.42 Å². The van der Waals surface area contributed by atoms with Gasteiger partial charge in [-0.15, -0.1) is 0 Å². The third-order valence-corrected chi connectivity index (χ3v) is 2.08. The number of ether oxygens (including phenoxy) is 1. The van der Waals surface area contributed by atoms with Crippen LogP contribution in [0.4, 0.5) is 0 Å². The molecule has 0 spiro atoms. The van der Waals surface area contributed by atoms with Gasteiger partial charge in [-0.05, 0) is 11.8 Å². The van der Waals surface area contributed by atoms with Crippen LogP contribution in [0.1, 0.15) is 27.2 Å². The second-order valence-corrected chi connectivity index (χ2v) is 5.17. The van der Waals surface area contributed by atoms with Crippen molar-refractivity contribution in [3.05, 3.63) is 0 Å². The summed E-state index contributed by atoms with van der Waals surface area (Å²) in [5.41, 5.74) is 0.0288.